The Morgan fingerprint density at radius 2 is 1.49 bits per heavy atom. The minimum atomic E-state index is -0.990. The number of halogens is 1. The molecule has 1 aliphatic rings. The molecule has 7 nitrogen and oxygen atoms in total. The number of carbonyl (C=O) groups is 2. The lowest BCUT2D eigenvalue weighted by Crippen LogP contribution is -2.29. The van der Waals surface area contributed by atoms with Gasteiger partial charge in [0.2, 0.25) is 0 Å². The average Bonchev–Trinajstić information content (AvgIpc) is 3.19. The van der Waals surface area contributed by atoms with Crippen LogP contribution in [0.15, 0.2) is 113 Å². The molecule has 0 bridgehead atoms. The van der Waals surface area contributed by atoms with Crippen molar-refractivity contribution in [1.29, 1.82) is 0 Å². The molecule has 8 heteroatoms. The number of nitrogens with zero attached hydrogens (tertiary/aromatic N) is 2. The number of nitro groups is 1. The van der Waals surface area contributed by atoms with Gasteiger partial charge in [-0.05, 0) is 53.1 Å². The molecule has 37 heavy (non-hydrogen) atoms. The van der Waals surface area contributed by atoms with Gasteiger partial charge in [0.25, 0.3) is 17.4 Å². The first-order valence-corrected chi connectivity index (χ1v) is 12.1. The Bertz CT molecular complexity index is 1550. The molecule has 4 aromatic rings. The minimum absolute atomic E-state index is 0.0914. The van der Waals surface area contributed by atoms with Crippen molar-refractivity contribution in [1.82, 2.24) is 0 Å². The van der Waals surface area contributed by atoms with E-state index >= 15 is 0 Å². The number of benzene rings is 4. The molecule has 0 spiro atoms. The van der Waals surface area contributed by atoms with Crippen molar-refractivity contribution >= 4 is 44.8 Å². The molecular formula is C29H19BrN2O5. The summed E-state index contributed by atoms with van der Waals surface area (Å²) in [6.45, 7) is 0. The van der Waals surface area contributed by atoms with Gasteiger partial charge in [-0.1, -0.05) is 70.5 Å². The van der Waals surface area contributed by atoms with Crippen molar-refractivity contribution in [2.24, 2.45) is 0 Å². The van der Waals surface area contributed by atoms with Gasteiger partial charge in [-0.3, -0.25) is 24.6 Å². The van der Waals surface area contributed by atoms with Gasteiger partial charge in [-0.15, -0.1) is 0 Å². The van der Waals surface area contributed by atoms with E-state index in [2.05, 4.69) is 15.9 Å². The van der Waals surface area contributed by atoms with Crippen molar-refractivity contribution in [2.75, 3.05) is 4.90 Å². The van der Waals surface area contributed by atoms with Gasteiger partial charge < -0.3 is 5.11 Å². The van der Waals surface area contributed by atoms with Crippen LogP contribution in [0.5, 0.6) is 0 Å². The number of Topliss-reactive ketones (excluding diaryl/α,β-unsaturated/α-hetero) is 1. The van der Waals surface area contributed by atoms with Crippen LogP contribution < -0.4 is 4.90 Å². The van der Waals surface area contributed by atoms with E-state index in [0.29, 0.717) is 16.8 Å². The molecule has 0 aromatic heterocycles. The van der Waals surface area contributed by atoms with Crippen molar-refractivity contribution in [3.63, 3.8) is 0 Å². The van der Waals surface area contributed by atoms with E-state index in [-0.39, 0.29) is 17.0 Å². The number of anilines is 1. The Kier molecular flexibility index (Phi) is 6.42. The Morgan fingerprint density at radius 1 is 0.838 bits per heavy atom. The summed E-state index contributed by atoms with van der Waals surface area (Å²) in [6.07, 6.45) is 0. The van der Waals surface area contributed by atoms with E-state index in [9.17, 15) is 24.8 Å². The van der Waals surface area contributed by atoms with E-state index in [1.165, 1.54) is 29.2 Å². The second kappa shape index (κ2) is 9.83. The quantitative estimate of drug-likeness (QED) is 0.0977. The van der Waals surface area contributed by atoms with Gasteiger partial charge in [-0.25, -0.2) is 0 Å². The largest absolute Gasteiger partial charge is 0.507 e. The number of aliphatic hydroxyl groups is 1. The third kappa shape index (κ3) is 4.54. The number of nitro benzene ring substituents is 1. The molecule has 5 rings (SSSR count). The van der Waals surface area contributed by atoms with Crippen molar-refractivity contribution in [3.05, 3.63) is 134 Å². The highest BCUT2D eigenvalue weighted by Gasteiger charge is 2.47. The lowest BCUT2D eigenvalue weighted by molar-refractivity contribution is -0.384. The molecule has 1 aliphatic heterocycles. The summed E-state index contributed by atoms with van der Waals surface area (Å²) >= 11 is 3.35. The van der Waals surface area contributed by atoms with Crippen LogP contribution in [0.3, 0.4) is 0 Å². The number of hydrogen-bond donors (Lipinski definition) is 1. The standard InChI is InChI=1S/C29H19BrN2O5/c30-22-13-9-20(10-14-22)27(33)25-26(19-11-15-23(16-12-19)32(36)37)31(29(35)28(25)34)24-8-4-7-21(17-24)18-5-2-1-3-6-18/h1-17,26,33H/b27-25-. The molecule has 1 saturated heterocycles. The molecule has 0 saturated carbocycles. The third-order valence-electron chi connectivity index (χ3n) is 6.21. The number of carbonyl (C=O) groups excluding carboxylic acids is 2. The number of rotatable bonds is 5. The van der Waals surface area contributed by atoms with Crippen LogP contribution in [0.25, 0.3) is 16.9 Å². The monoisotopic (exact) mass is 554 g/mol. The van der Waals surface area contributed by atoms with Gasteiger partial charge in [-0.2, -0.15) is 0 Å². The van der Waals surface area contributed by atoms with Gasteiger partial charge in [0.05, 0.1) is 16.5 Å². The summed E-state index contributed by atoms with van der Waals surface area (Å²) in [5.74, 6) is -1.96. The van der Waals surface area contributed by atoms with Crippen LogP contribution in [0.1, 0.15) is 17.2 Å². The molecule has 1 unspecified atom stereocenters. The number of aliphatic hydroxyl groups excluding tert-OH is 1. The van der Waals surface area contributed by atoms with Gasteiger partial charge in [0, 0.05) is 27.9 Å². The Hall–Kier alpha value is -4.56. The summed E-state index contributed by atoms with van der Waals surface area (Å²) in [7, 11) is 0. The Morgan fingerprint density at radius 3 is 2.14 bits per heavy atom. The molecule has 1 atom stereocenters. The molecule has 1 amide bonds. The summed E-state index contributed by atoms with van der Waals surface area (Å²) in [5.41, 5.74) is 2.84. The predicted molar refractivity (Wildman–Crippen MR) is 144 cm³/mol. The minimum Gasteiger partial charge on any atom is -0.507 e. The van der Waals surface area contributed by atoms with Crippen LogP contribution in [-0.2, 0) is 9.59 Å². The highest BCUT2D eigenvalue weighted by atomic mass is 79.9. The molecule has 0 aliphatic carbocycles. The fraction of sp³-hybridized carbons (Fsp3) is 0.0345. The van der Waals surface area contributed by atoms with E-state index in [1.54, 1.807) is 42.5 Å². The highest BCUT2D eigenvalue weighted by Crippen LogP contribution is 2.43. The lowest BCUT2D eigenvalue weighted by Gasteiger charge is -2.26. The first-order chi connectivity index (χ1) is 17.8. The van der Waals surface area contributed by atoms with Gasteiger partial charge >= 0.3 is 0 Å². The van der Waals surface area contributed by atoms with Crippen molar-refractivity contribution in [2.45, 2.75) is 6.04 Å². The number of non-ortho nitro benzene ring substituents is 1. The highest BCUT2D eigenvalue weighted by molar-refractivity contribution is 9.10. The van der Waals surface area contributed by atoms with Crippen LogP contribution >= 0.6 is 15.9 Å². The molecular weight excluding hydrogens is 536 g/mol. The SMILES string of the molecule is O=C1C(=O)N(c2cccc(-c3ccccc3)c2)C(c2ccc([N+](=O)[O-])cc2)/C1=C(/O)c1ccc(Br)cc1. The van der Waals surface area contributed by atoms with Crippen molar-refractivity contribution < 1.29 is 19.6 Å². The zero-order chi connectivity index (χ0) is 26.1. The second-order valence-corrected chi connectivity index (χ2v) is 9.36. The summed E-state index contributed by atoms with van der Waals surface area (Å²) in [6, 6.07) is 28.1. The Labute approximate surface area is 220 Å². The van der Waals surface area contributed by atoms with E-state index in [0.717, 1.165) is 15.6 Å². The molecule has 1 heterocycles. The molecule has 182 valence electrons. The smallest absolute Gasteiger partial charge is 0.300 e. The maximum absolute atomic E-state index is 13.4. The van der Waals surface area contributed by atoms with E-state index < -0.39 is 22.7 Å². The first-order valence-electron chi connectivity index (χ1n) is 11.3. The number of ketones is 1. The predicted octanol–water partition coefficient (Wildman–Crippen LogP) is 6.65. The molecule has 0 radical (unpaired) electrons. The normalized spacial score (nSPS) is 16.7. The molecule has 4 aromatic carbocycles. The Balaban J connectivity index is 1.69. The summed E-state index contributed by atoms with van der Waals surface area (Å²) in [4.78, 5) is 38.8. The van der Waals surface area contributed by atoms with Crippen LogP contribution in [0.2, 0.25) is 0 Å². The first kappa shape index (κ1) is 24.1. The summed E-state index contributed by atoms with van der Waals surface area (Å²) < 4.78 is 0.786. The van der Waals surface area contributed by atoms with Gasteiger partial charge in [0.1, 0.15) is 5.76 Å². The maximum atomic E-state index is 13.4. The van der Waals surface area contributed by atoms with E-state index in [4.69, 9.17) is 0 Å². The average molecular weight is 555 g/mol. The van der Waals surface area contributed by atoms with Crippen LogP contribution in [-0.4, -0.2) is 21.7 Å². The summed E-state index contributed by atoms with van der Waals surface area (Å²) in [5, 5.41) is 22.4. The van der Waals surface area contributed by atoms with Gasteiger partial charge in [0.15, 0.2) is 0 Å². The van der Waals surface area contributed by atoms with Crippen molar-refractivity contribution in [3.8, 4) is 11.1 Å². The van der Waals surface area contributed by atoms with Crippen LogP contribution in [0, 0.1) is 10.1 Å². The second-order valence-electron chi connectivity index (χ2n) is 8.44. The topological polar surface area (TPSA) is 101 Å². The molecule has 1 N–H and O–H groups in total. The lowest BCUT2D eigenvalue weighted by atomic mass is 9.94. The maximum Gasteiger partial charge on any atom is 0.300 e. The zero-order valence-electron chi connectivity index (χ0n) is 19.2. The zero-order valence-corrected chi connectivity index (χ0v) is 20.8. The third-order valence-corrected chi connectivity index (χ3v) is 6.74. The molecule has 1 fully saturated rings. The van der Waals surface area contributed by atoms with E-state index in [1.807, 2.05) is 36.4 Å². The fourth-order valence-corrected chi connectivity index (χ4v) is 4.69. The fourth-order valence-electron chi connectivity index (χ4n) is 4.42. The van der Waals surface area contributed by atoms with Crippen LogP contribution in [0.4, 0.5) is 11.4 Å². The number of hydrogen-bond acceptors (Lipinski definition) is 5. The number of amides is 1.